The summed E-state index contributed by atoms with van der Waals surface area (Å²) < 4.78 is 0. The average Bonchev–Trinajstić information content (AvgIpc) is 2.74. The zero-order valence-electron chi connectivity index (χ0n) is 17.3. The van der Waals surface area contributed by atoms with E-state index in [9.17, 15) is 4.79 Å². The van der Waals surface area contributed by atoms with Crippen LogP contribution in [0.1, 0.15) is 66.2 Å². The Bertz CT molecular complexity index is 928. The number of aryl methyl sites for hydroxylation is 1. The molecule has 1 atom stereocenters. The van der Waals surface area contributed by atoms with Gasteiger partial charge in [0.1, 0.15) is 0 Å². The van der Waals surface area contributed by atoms with Crippen LogP contribution in [0.15, 0.2) is 72.8 Å². The third kappa shape index (κ3) is 5.71. The Balaban J connectivity index is 1.85. The van der Waals surface area contributed by atoms with Crippen LogP contribution in [-0.2, 0) is 6.42 Å². The predicted octanol–water partition coefficient (Wildman–Crippen LogP) is 7.45. The van der Waals surface area contributed by atoms with Crippen LogP contribution in [0.2, 0.25) is 5.02 Å². The van der Waals surface area contributed by atoms with Crippen molar-refractivity contribution in [1.29, 1.82) is 0 Å². The van der Waals surface area contributed by atoms with E-state index < -0.39 is 0 Å². The van der Waals surface area contributed by atoms with Crippen molar-refractivity contribution in [2.24, 2.45) is 0 Å². The molecule has 0 saturated carbocycles. The normalized spacial score (nSPS) is 12.0. The summed E-state index contributed by atoms with van der Waals surface area (Å²) in [5.74, 6) is 0.574. The minimum absolute atomic E-state index is 0.0947. The first-order valence-electron chi connectivity index (χ1n) is 10.2. The number of rotatable bonds is 8. The summed E-state index contributed by atoms with van der Waals surface area (Å²) in [6.07, 6.45) is 1.38. The number of halogens is 1. The maximum absolute atomic E-state index is 12.9. The summed E-state index contributed by atoms with van der Waals surface area (Å²) in [7, 11) is 0. The van der Waals surface area contributed by atoms with Crippen LogP contribution in [0.25, 0.3) is 0 Å². The van der Waals surface area contributed by atoms with E-state index >= 15 is 0 Å². The lowest BCUT2D eigenvalue weighted by Crippen LogP contribution is -2.16. The first-order valence-corrected chi connectivity index (χ1v) is 10.6. The molecule has 0 saturated heterocycles. The molecule has 29 heavy (non-hydrogen) atoms. The summed E-state index contributed by atoms with van der Waals surface area (Å²) in [4.78, 5) is 12.9. The zero-order chi connectivity index (χ0) is 20.8. The number of ketones is 1. The number of hydrogen-bond donors (Lipinski definition) is 1. The molecule has 0 amide bonds. The smallest absolute Gasteiger partial charge is 0.165 e. The van der Waals surface area contributed by atoms with Gasteiger partial charge in [-0.1, -0.05) is 68.8 Å². The maximum Gasteiger partial charge on any atom is 0.165 e. The average molecular weight is 406 g/mol. The number of hydrogen-bond acceptors (Lipinski definition) is 2. The molecule has 0 aromatic heterocycles. The Hall–Kier alpha value is -2.58. The van der Waals surface area contributed by atoms with E-state index in [-0.39, 0.29) is 11.8 Å². The van der Waals surface area contributed by atoms with E-state index in [0.29, 0.717) is 22.9 Å². The van der Waals surface area contributed by atoms with Crippen LogP contribution < -0.4 is 5.32 Å². The highest BCUT2D eigenvalue weighted by Crippen LogP contribution is 2.27. The standard InChI is InChI=1S/C26H28ClNO/c1-4-19-5-15-24(16-6-19)28-25(21-9-7-20(8-10-21)18(2)3)17-26(29)22-11-13-23(27)14-12-22/h5-16,18,25,28H,4,17H2,1-3H3. The van der Waals surface area contributed by atoms with Crippen molar-refractivity contribution >= 4 is 23.1 Å². The molecule has 3 aromatic rings. The Labute approximate surface area is 178 Å². The van der Waals surface area contributed by atoms with E-state index in [1.54, 1.807) is 24.3 Å². The minimum Gasteiger partial charge on any atom is -0.378 e. The van der Waals surface area contributed by atoms with Gasteiger partial charge in [-0.25, -0.2) is 0 Å². The summed E-state index contributed by atoms with van der Waals surface area (Å²) in [6.45, 7) is 6.51. The summed E-state index contributed by atoms with van der Waals surface area (Å²) >= 11 is 5.97. The van der Waals surface area contributed by atoms with Gasteiger partial charge in [-0.2, -0.15) is 0 Å². The molecule has 1 N–H and O–H groups in total. The fourth-order valence-electron chi connectivity index (χ4n) is 3.34. The lowest BCUT2D eigenvalue weighted by atomic mass is 9.94. The summed E-state index contributed by atoms with van der Waals surface area (Å²) in [6, 6.07) is 24.0. The fraction of sp³-hybridized carbons (Fsp3) is 0.269. The second kappa shape index (κ2) is 9.76. The van der Waals surface area contributed by atoms with Crippen LogP contribution in [0.4, 0.5) is 5.69 Å². The number of benzene rings is 3. The molecule has 0 fully saturated rings. The van der Waals surface area contributed by atoms with Crippen molar-refractivity contribution < 1.29 is 4.79 Å². The Kier molecular flexibility index (Phi) is 7.11. The Morgan fingerprint density at radius 1 is 0.862 bits per heavy atom. The van der Waals surface area contributed by atoms with Gasteiger partial charge in [0, 0.05) is 22.7 Å². The van der Waals surface area contributed by atoms with Crippen LogP contribution in [0.5, 0.6) is 0 Å². The molecule has 1 unspecified atom stereocenters. The van der Waals surface area contributed by atoms with E-state index in [2.05, 4.69) is 74.6 Å². The van der Waals surface area contributed by atoms with Crippen molar-refractivity contribution in [3.63, 3.8) is 0 Å². The molecule has 3 aromatic carbocycles. The Morgan fingerprint density at radius 3 is 2.00 bits per heavy atom. The lowest BCUT2D eigenvalue weighted by Gasteiger charge is -2.21. The van der Waals surface area contributed by atoms with E-state index in [0.717, 1.165) is 17.7 Å². The molecular formula is C26H28ClNO. The van der Waals surface area contributed by atoms with Gasteiger partial charge in [0.05, 0.1) is 6.04 Å². The maximum atomic E-state index is 12.9. The first-order chi connectivity index (χ1) is 14.0. The molecule has 150 valence electrons. The topological polar surface area (TPSA) is 29.1 Å². The summed E-state index contributed by atoms with van der Waals surface area (Å²) in [5.41, 5.74) is 5.40. The Morgan fingerprint density at radius 2 is 1.45 bits per heavy atom. The van der Waals surface area contributed by atoms with Crippen LogP contribution >= 0.6 is 11.6 Å². The second-order valence-corrected chi connectivity index (χ2v) is 8.14. The van der Waals surface area contributed by atoms with E-state index in [4.69, 9.17) is 11.6 Å². The van der Waals surface area contributed by atoms with Crippen molar-refractivity contribution in [1.82, 2.24) is 0 Å². The van der Waals surface area contributed by atoms with Gasteiger partial charge in [-0.15, -0.1) is 0 Å². The molecule has 0 aliphatic carbocycles. The van der Waals surface area contributed by atoms with Gasteiger partial charge in [-0.05, 0) is 65.4 Å². The minimum atomic E-state index is -0.105. The van der Waals surface area contributed by atoms with Gasteiger partial charge in [0.25, 0.3) is 0 Å². The molecule has 0 radical (unpaired) electrons. The second-order valence-electron chi connectivity index (χ2n) is 7.70. The molecule has 3 rings (SSSR count). The quantitative estimate of drug-likeness (QED) is 0.394. The zero-order valence-corrected chi connectivity index (χ0v) is 18.0. The highest BCUT2D eigenvalue weighted by molar-refractivity contribution is 6.30. The van der Waals surface area contributed by atoms with E-state index in [1.165, 1.54) is 11.1 Å². The van der Waals surface area contributed by atoms with Crippen LogP contribution in [-0.4, -0.2) is 5.78 Å². The van der Waals surface area contributed by atoms with Crippen molar-refractivity contribution in [2.45, 2.75) is 45.6 Å². The van der Waals surface area contributed by atoms with Gasteiger partial charge in [0.15, 0.2) is 5.78 Å². The third-order valence-electron chi connectivity index (χ3n) is 5.26. The fourth-order valence-corrected chi connectivity index (χ4v) is 3.47. The largest absolute Gasteiger partial charge is 0.378 e. The number of carbonyl (C=O) groups excluding carboxylic acids is 1. The highest BCUT2D eigenvalue weighted by Gasteiger charge is 2.18. The molecular weight excluding hydrogens is 378 g/mol. The van der Waals surface area contributed by atoms with Crippen LogP contribution in [0, 0.1) is 0 Å². The molecule has 0 aliphatic heterocycles. The molecule has 0 aliphatic rings. The predicted molar refractivity (Wildman–Crippen MR) is 123 cm³/mol. The number of anilines is 1. The molecule has 0 heterocycles. The molecule has 0 bridgehead atoms. The SMILES string of the molecule is CCc1ccc(NC(CC(=O)c2ccc(Cl)cc2)c2ccc(C(C)C)cc2)cc1. The third-order valence-corrected chi connectivity index (χ3v) is 5.52. The summed E-state index contributed by atoms with van der Waals surface area (Å²) in [5, 5.41) is 4.20. The lowest BCUT2D eigenvalue weighted by molar-refractivity contribution is 0.0976. The van der Waals surface area contributed by atoms with Crippen molar-refractivity contribution in [3.8, 4) is 0 Å². The van der Waals surface area contributed by atoms with E-state index in [1.807, 2.05) is 0 Å². The monoisotopic (exact) mass is 405 g/mol. The molecule has 0 spiro atoms. The van der Waals surface area contributed by atoms with Crippen molar-refractivity contribution in [3.05, 3.63) is 100 Å². The molecule has 3 heteroatoms. The first kappa shape index (κ1) is 21.1. The number of Topliss-reactive ketones (excluding diaryl/α,β-unsaturated/α-hetero) is 1. The van der Waals surface area contributed by atoms with Crippen LogP contribution in [0.3, 0.4) is 0 Å². The molecule has 2 nitrogen and oxygen atoms in total. The van der Waals surface area contributed by atoms with Gasteiger partial charge >= 0.3 is 0 Å². The van der Waals surface area contributed by atoms with Gasteiger partial charge < -0.3 is 5.32 Å². The van der Waals surface area contributed by atoms with Crippen molar-refractivity contribution in [2.75, 3.05) is 5.32 Å². The number of carbonyl (C=O) groups is 1. The highest BCUT2D eigenvalue weighted by atomic mass is 35.5. The van der Waals surface area contributed by atoms with Gasteiger partial charge in [-0.3, -0.25) is 4.79 Å². The van der Waals surface area contributed by atoms with Gasteiger partial charge in [0.2, 0.25) is 0 Å². The number of nitrogens with one attached hydrogen (secondary N) is 1.